The lowest BCUT2D eigenvalue weighted by Crippen LogP contribution is -2.47. The van der Waals surface area contributed by atoms with Crippen molar-refractivity contribution >= 4 is 25.8 Å². The van der Waals surface area contributed by atoms with Crippen LogP contribution >= 0.6 is 0 Å². The van der Waals surface area contributed by atoms with E-state index in [0.717, 1.165) is 4.90 Å². The maximum absolute atomic E-state index is 14.0. The number of sulfone groups is 1. The number of alkyl halides is 3. The molecule has 0 atom stereocenters. The van der Waals surface area contributed by atoms with Crippen molar-refractivity contribution in [1.82, 2.24) is 9.62 Å². The van der Waals surface area contributed by atoms with Gasteiger partial charge in [0.2, 0.25) is 19.9 Å². The van der Waals surface area contributed by atoms with Gasteiger partial charge < -0.3 is 4.90 Å². The van der Waals surface area contributed by atoms with Crippen molar-refractivity contribution < 1.29 is 48.0 Å². The summed E-state index contributed by atoms with van der Waals surface area (Å²) in [7, 11) is -9.30. The SMILES string of the molecule is O=C(c1c(F)cc(F)cc1F)N1CCC(NS(=O)(=O)c2cc(S(=O)(=O)c3ccccc3)ccc2C(F)(F)F)CC1. The highest BCUT2D eigenvalue weighted by Gasteiger charge is 2.39. The number of hydrogen-bond donors (Lipinski definition) is 1. The van der Waals surface area contributed by atoms with E-state index in [1.54, 1.807) is 0 Å². The highest BCUT2D eigenvalue weighted by atomic mass is 32.2. The third-order valence-electron chi connectivity index (χ3n) is 6.24. The third kappa shape index (κ3) is 6.00. The first-order valence-electron chi connectivity index (χ1n) is 11.6. The van der Waals surface area contributed by atoms with Gasteiger partial charge in [-0.05, 0) is 43.2 Å². The molecule has 15 heteroatoms. The molecule has 0 bridgehead atoms. The number of rotatable bonds is 6. The van der Waals surface area contributed by atoms with Crippen molar-refractivity contribution in [3.63, 3.8) is 0 Å². The van der Waals surface area contributed by atoms with Gasteiger partial charge in [0.15, 0.2) is 0 Å². The zero-order chi connectivity index (χ0) is 29.5. The molecule has 3 aromatic rings. The Morgan fingerprint density at radius 3 is 1.95 bits per heavy atom. The summed E-state index contributed by atoms with van der Waals surface area (Å²) in [6.07, 6.45) is -5.42. The highest BCUT2D eigenvalue weighted by molar-refractivity contribution is 7.91. The van der Waals surface area contributed by atoms with Crippen molar-refractivity contribution in [1.29, 1.82) is 0 Å². The number of likely N-dealkylation sites (tertiary alicyclic amines) is 1. The third-order valence-corrected chi connectivity index (χ3v) is 9.56. The number of amides is 1. The fourth-order valence-corrected chi connectivity index (χ4v) is 7.19. The molecule has 7 nitrogen and oxygen atoms in total. The first-order chi connectivity index (χ1) is 18.6. The Kier molecular flexibility index (Phi) is 8.02. The molecule has 1 amide bonds. The normalized spacial score (nSPS) is 15.3. The Bertz CT molecular complexity index is 1630. The Morgan fingerprint density at radius 2 is 1.40 bits per heavy atom. The Morgan fingerprint density at radius 1 is 0.825 bits per heavy atom. The van der Waals surface area contributed by atoms with Crippen LogP contribution < -0.4 is 4.72 Å². The molecule has 0 spiro atoms. The molecular weight excluding hydrogens is 586 g/mol. The van der Waals surface area contributed by atoms with Crippen LogP contribution in [0.2, 0.25) is 0 Å². The lowest BCUT2D eigenvalue weighted by atomic mass is 10.0. The number of nitrogens with one attached hydrogen (secondary N) is 1. The number of hydrogen-bond acceptors (Lipinski definition) is 5. The van der Waals surface area contributed by atoms with Gasteiger partial charge in [0.25, 0.3) is 5.91 Å². The quantitative estimate of drug-likeness (QED) is 0.416. The van der Waals surface area contributed by atoms with E-state index in [2.05, 4.69) is 4.72 Å². The summed E-state index contributed by atoms with van der Waals surface area (Å²) in [4.78, 5) is 11.3. The van der Waals surface area contributed by atoms with Crippen molar-refractivity contribution in [3.05, 3.63) is 89.2 Å². The number of benzene rings is 3. The van der Waals surface area contributed by atoms with Crippen molar-refractivity contribution in [3.8, 4) is 0 Å². The Labute approximate surface area is 225 Å². The minimum atomic E-state index is -5.14. The molecule has 4 rings (SSSR count). The van der Waals surface area contributed by atoms with Gasteiger partial charge in [-0.15, -0.1) is 0 Å². The van der Waals surface area contributed by atoms with E-state index < -0.39 is 76.4 Å². The summed E-state index contributed by atoms with van der Waals surface area (Å²) in [6.45, 7) is -0.451. The second-order valence-electron chi connectivity index (χ2n) is 8.90. The predicted octanol–water partition coefficient (Wildman–Crippen LogP) is 4.54. The molecule has 0 saturated carbocycles. The minimum Gasteiger partial charge on any atom is -0.338 e. The van der Waals surface area contributed by atoms with Crippen LogP contribution in [-0.2, 0) is 26.0 Å². The van der Waals surface area contributed by atoms with E-state index in [1.807, 2.05) is 0 Å². The number of piperidine rings is 1. The molecule has 40 heavy (non-hydrogen) atoms. The van der Waals surface area contributed by atoms with Gasteiger partial charge in [-0.1, -0.05) is 18.2 Å². The largest absolute Gasteiger partial charge is 0.417 e. The van der Waals surface area contributed by atoms with E-state index in [9.17, 15) is 48.0 Å². The van der Waals surface area contributed by atoms with E-state index in [-0.39, 0.29) is 30.8 Å². The van der Waals surface area contributed by atoms with Gasteiger partial charge in [0.05, 0.1) is 20.2 Å². The molecule has 1 fully saturated rings. The lowest BCUT2D eigenvalue weighted by molar-refractivity contribution is -0.140. The second-order valence-corrected chi connectivity index (χ2v) is 12.5. The van der Waals surface area contributed by atoms with Crippen LogP contribution in [0.25, 0.3) is 0 Å². The average molecular weight is 607 g/mol. The van der Waals surface area contributed by atoms with E-state index >= 15 is 0 Å². The minimum absolute atomic E-state index is 0.140. The molecule has 0 aliphatic carbocycles. The molecule has 1 heterocycles. The van der Waals surface area contributed by atoms with Crippen molar-refractivity contribution in [2.45, 2.75) is 39.7 Å². The predicted molar refractivity (Wildman–Crippen MR) is 129 cm³/mol. The average Bonchev–Trinajstić information content (AvgIpc) is 2.88. The number of sulfonamides is 1. The number of carbonyl (C=O) groups is 1. The maximum Gasteiger partial charge on any atom is 0.417 e. The van der Waals surface area contributed by atoms with E-state index in [4.69, 9.17) is 0 Å². The Hall–Kier alpha value is -3.43. The van der Waals surface area contributed by atoms with Gasteiger partial charge in [-0.3, -0.25) is 4.79 Å². The summed E-state index contributed by atoms with van der Waals surface area (Å²) in [6, 6.07) is 7.88. The first kappa shape index (κ1) is 29.6. The summed E-state index contributed by atoms with van der Waals surface area (Å²) in [5.74, 6) is -5.17. The van der Waals surface area contributed by atoms with Crippen LogP contribution in [0.5, 0.6) is 0 Å². The number of halogens is 6. The molecule has 0 unspecified atom stereocenters. The van der Waals surface area contributed by atoms with Gasteiger partial charge in [0.1, 0.15) is 23.0 Å². The standard InChI is InChI=1S/C25H20F6N2O5S2/c26-15-12-20(27)23(21(28)13-15)24(34)33-10-8-16(9-11-33)32-40(37,38)22-14-18(6-7-19(22)25(29,30)31)39(35,36)17-4-2-1-3-5-17/h1-7,12-14,16,32H,8-11H2. The zero-order valence-corrected chi connectivity index (χ0v) is 21.9. The molecule has 0 radical (unpaired) electrons. The van der Waals surface area contributed by atoms with Gasteiger partial charge >= 0.3 is 6.18 Å². The molecule has 0 aromatic heterocycles. The smallest absolute Gasteiger partial charge is 0.338 e. The summed E-state index contributed by atoms with van der Waals surface area (Å²) < 4.78 is 137. The van der Waals surface area contributed by atoms with Crippen LogP contribution in [-0.4, -0.2) is 46.8 Å². The van der Waals surface area contributed by atoms with Gasteiger partial charge in [0, 0.05) is 31.3 Å². The summed E-state index contributed by atoms with van der Waals surface area (Å²) >= 11 is 0. The lowest BCUT2D eigenvalue weighted by Gasteiger charge is -2.32. The van der Waals surface area contributed by atoms with E-state index in [1.165, 1.54) is 30.3 Å². The van der Waals surface area contributed by atoms with Crippen molar-refractivity contribution in [2.75, 3.05) is 13.1 Å². The van der Waals surface area contributed by atoms with Crippen LogP contribution in [0.1, 0.15) is 28.8 Å². The van der Waals surface area contributed by atoms with Crippen LogP contribution in [0.4, 0.5) is 26.3 Å². The van der Waals surface area contributed by atoms with Gasteiger partial charge in [-0.2, -0.15) is 13.2 Å². The van der Waals surface area contributed by atoms with Crippen LogP contribution in [0.15, 0.2) is 75.4 Å². The molecule has 1 N–H and O–H groups in total. The first-order valence-corrected chi connectivity index (χ1v) is 14.6. The molecule has 3 aromatic carbocycles. The highest BCUT2D eigenvalue weighted by Crippen LogP contribution is 2.36. The Balaban J connectivity index is 1.57. The monoisotopic (exact) mass is 606 g/mol. The molecule has 1 saturated heterocycles. The van der Waals surface area contributed by atoms with E-state index in [0.29, 0.717) is 30.3 Å². The fourth-order valence-electron chi connectivity index (χ4n) is 4.25. The molecule has 1 aliphatic heterocycles. The topological polar surface area (TPSA) is 101 Å². The van der Waals surface area contributed by atoms with Gasteiger partial charge in [-0.25, -0.2) is 34.7 Å². The summed E-state index contributed by atoms with van der Waals surface area (Å²) in [5, 5.41) is 0. The number of carbonyl (C=O) groups excluding carboxylic acids is 1. The number of nitrogens with zero attached hydrogens (tertiary/aromatic N) is 1. The molecule has 1 aliphatic rings. The second kappa shape index (κ2) is 10.9. The molecule has 214 valence electrons. The fraction of sp³-hybridized carbons (Fsp3) is 0.240. The molecular formula is C25H20F6N2O5S2. The maximum atomic E-state index is 14.0. The van der Waals surface area contributed by atoms with Crippen molar-refractivity contribution in [2.24, 2.45) is 0 Å². The zero-order valence-electron chi connectivity index (χ0n) is 20.3. The van der Waals surface area contributed by atoms with Crippen LogP contribution in [0.3, 0.4) is 0 Å². The van der Waals surface area contributed by atoms with Crippen LogP contribution in [0, 0.1) is 17.5 Å². The summed E-state index contributed by atoms with van der Waals surface area (Å²) in [5.41, 5.74) is -2.58.